The number of nitrogens with one attached hydrogen (secondary N) is 2. The van der Waals surface area contributed by atoms with Crippen molar-refractivity contribution in [1.29, 1.82) is 0 Å². The van der Waals surface area contributed by atoms with Gasteiger partial charge in [0.05, 0.1) is 0 Å². The molecule has 0 aromatic carbocycles. The van der Waals surface area contributed by atoms with Gasteiger partial charge in [-0.05, 0) is 77.9 Å². The average molecular weight is 988 g/mol. The Labute approximate surface area is 335 Å². The zero-order valence-corrected chi connectivity index (χ0v) is 38.3. The summed E-state index contributed by atoms with van der Waals surface area (Å²) >= 11 is 10.1. The quantitative estimate of drug-likeness (QED) is 0.0811. The number of nitrogens with two attached hydrogens (primary N) is 2. The minimum absolute atomic E-state index is 0. The van der Waals surface area contributed by atoms with Crippen molar-refractivity contribution >= 4 is 0 Å². The molecule has 0 heterocycles. The van der Waals surface area contributed by atoms with Crippen LogP contribution in [0, 0.1) is 22.7 Å². The number of halogens is 4. The summed E-state index contributed by atoms with van der Waals surface area (Å²) in [5.41, 5.74) is 12.2. The van der Waals surface area contributed by atoms with E-state index < -0.39 is 0 Å². The van der Waals surface area contributed by atoms with Gasteiger partial charge in [0.15, 0.2) is 0 Å². The maximum atomic E-state index is 5.91. The van der Waals surface area contributed by atoms with E-state index in [-0.39, 0.29) is 73.3 Å². The van der Waals surface area contributed by atoms with Crippen molar-refractivity contribution in [3.8, 4) is 0 Å². The largest absolute Gasteiger partial charge is 1.00 e. The maximum absolute atomic E-state index is 5.91. The third kappa shape index (κ3) is 26.6. The molecule has 6 N–H and O–H groups in total. The monoisotopic (exact) mass is 982 g/mol. The van der Waals surface area contributed by atoms with Crippen molar-refractivity contribution in [3.63, 3.8) is 0 Å². The summed E-state index contributed by atoms with van der Waals surface area (Å²) in [6.07, 6.45) is 7.04. The van der Waals surface area contributed by atoms with Gasteiger partial charge in [0.1, 0.15) is 0 Å². The Morgan fingerprint density at radius 2 is 0.955 bits per heavy atom. The number of rotatable bonds is 22. The molecule has 0 aliphatic rings. The fraction of sp³-hybridized carbons (Fsp3) is 1.00. The maximum Gasteiger partial charge on any atom is 0.00412 e. The van der Waals surface area contributed by atoms with Gasteiger partial charge >= 0.3 is 150 Å². The van der Waals surface area contributed by atoms with Crippen molar-refractivity contribution < 1.29 is 100 Å². The second-order valence-electron chi connectivity index (χ2n) is 14.2. The first kappa shape index (κ1) is 58.9. The molecule has 0 saturated carbocycles. The zero-order chi connectivity index (χ0) is 31.5. The molecule has 44 heavy (non-hydrogen) atoms. The van der Waals surface area contributed by atoms with E-state index in [2.05, 4.69) is 102 Å². The molecule has 0 saturated heterocycles. The predicted molar refractivity (Wildman–Crippen MR) is 170 cm³/mol. The molecule has 0 bridgehead atoms. The van der Waals surface area contributed by atoms with E-state index in [0.29, 0.717) is 41.4 Å². The minimum atomic E-state index is 0. The molecule has 12 heteroatoms. The smallest absolute Gasteiger partial charge is 0.00412 e. The molecule has 0 aromatic heterocycles. The SMILES string of the molecule is CC(C)N(CCCC(C)(C)C(CC[NH][Cu+2])C[NH][Cu+2])C(C)C.CC(C)N(CCCC(C)(C)C(CN)CCN)C(C)C.[Br-].[Br-].[Br-].[Br-]. The average Bonchev–Trinajstić information content (AvgIpc) is 2.84. The molecule has 2 atom stereocenters. The summed E-state index contributed by atoms with van der Waals surface area (Å²) in [6.45, 7) is 33.2. The Hall–Kier alpha value is 2.72. The van der Waals surface area contributed by atoms with Crippen LogP contribution in [0.4, 0.5) is 0 Å². The van der Waals surface area contributed by atoms with Gasteiger partial charge in [-0.1, -0.05) is 13.8 Å². The predicted octanol–water partition coefficient (Wildman–Crippen LogP) is -6.13. The van der Waals surface area contributed by atoms with E-state index in [1.54, 1.807) is 0 Å². The van der Waals surface area contributed by atoms with Gasteiger partial charge < -0.3 is 79.4 Å². The molecule has 0 aromatic rings. The number of hydrogen-bond acceptors (Lipinski definition) is 6. The van der Waals surface area contributed by atoms with Crippen molar-refractivity contribution in [1.82, 2.24) is 18.5 Å². The second kappa shape index (κ2) is 32.9. The molecule has 2 unspecified atom stereocenters. The summed E-state index contributed by atoms with van der Waals surface area (Å²) in [4.78, 5) is 5.13. The van der Waals surface area contributed by atoms with Gasteiger partial charge in [-0.3, -0.25) is 4.90 Å². The van der Waals surface area contributed by atoms with Crippen LogP contribution in [0.25, 0.3) is 0 Å². The van der Waals surface area contributed by atoms with Crippen LogP contribution in [0.3, 0.4) is 0 Å². The fourth-order valence-corrected chi connectivity index (χ4v) is 6.53. The number of hydrogen-bond donors (Lipinski definition) is 4. The van der Waals surface area contributed by atoms with Crippen LogP contribution in [0.1, 0.15) is 122 Å². The summed E-state index contributed by atoms with van der Waals surface area (Å²) in [5.74, 6) is 1.10. The van der Waals surface area contributed by atoms with Crippen molar-refractivity contribution in [3.05, 3.63) is 0 Å². The first-order valence-corrected chi connectivity index (χ1v) is 17.0. The summed E-state index contributed by atoms with van der Waals surface area (Å²) in [6, 6.07) is 2.47. The summed E-state index contributed by atoms with van der Waals surface area (Å²) in [5, 5.41) is 0. The molecule has 280 valence electrons. The molecule has 0 rings (SSSR count). The summed E-state index contributed by atoms with van der Waals surface area (Å²) in [7, 11) is 0. The second-order valence-corrected chi connectivity index (χ2v) is 14.9. The molecule has 0 amide bonds. The minimum Gasteiger partial charge on any atom is -1.00 e. The van der Waals surface area contributed by atoms with E-state index in [4.69, 9.17) is 43.9 Å². The van der Waals surface area contributed by atoms with Crippen molar-refractivity contribution in [2.75, 3.05) is 39.3 Å². The molecule has 0 spiro atoms. The number of nitrogens with zero attached hydrogens (tertiary/aromatic N) is 2. The standard InChI is InChI=1S/C16H37N3.C16H35N3.4BrH.2Cu/c2*1-13(2)19(14(3)4)11-7-9-16(5,6)15(12-18)8-10-17;;;;;;/h13-15H,7-12,17-18H2,1-6H3;13-15,17-18H,7-12H2,1-6H3;4*1H;;/q;-2;;;;;2*+3/p-4. The third-order valence-corrected chi connectivity index (χ3v) is 9.44. The van der Waals surface area contributed by atoms with Crippen molar-refractivity contribution in [2.24, 2.45) is 34.1 Å². The van der Waals surface area contributed by atoms with Gasteiger partial charge in [0, 0.05) is 12.1 Å². The molecular weight excluding hydrogens is 915 g/mol. The Bertz CT molecular complexity index is 587. The first-order valence-electron chi connectivity index (χ1n) is 16.0. The van der Waals surface area contributed by atoms with Gasteiger partial charge in [-0.25, -0.2) is 0 Å². The van der Waals surface area contributed by atoms with Crippen LogP contribution in [-0.2, 0) is 32.5 Å². The Morgan fingerprint density at radius 1 is 0.591 bits per heavy atom. The molecule has 6 nitrogen and oxygen atoms in total. The van der Waals surface area contributed by atoms with Gasteiger partial charge in [-0.2, -0.15) is 0 Å². The van der Waals surface area contributed by atoms with Crippen molar-refractivity contribution in [2.45, 2.75) is 146 Å². The normalized spacial score (nSPS) is 13.3. The van der Waals surface area contributed by atoms with E-state index >= 15 is 0 Å². The van der Waals surface area contributed by atoms with Gasteiger partial charge in [-0.15, -0.1) is 0 Å². The molecule has 0 fully saturated rings. The molecular formula is C32H72Br4Cu2N6. The Balaban J connectivity index is -0.000000151. The van der Waals surface area contributed by atoms with E-state index in [9.17, 15) is 0 Å². The topological polar surface area (TPSA) is 82.6 Å². The molecule has 0 aliphatic heterocycles. The Morgan fingerprint density at radius 3 is 1.23 bits per heavy atom. The van der Waals surface area contributed by atoms with Crippen LogP contribution in [-0.4, -0.2) is 73.2 Å². The van der Waals surface area contributed by atoms with Crippen LogP contribution in [0.2, 0.25) is 0 Å². The fourth-order valence-electron chi connectivity index (χ4n) is 6.16. The first-order chi connectivity index (χ1) is 18.5. The molecule has 0 radical (unpaired) electrons. The summed E-state index contributed by atoms with van der Waals surface area (Å²) < 4.78 is 5.73. The van der Waals surface area contributed by atoms with Crippen LogP contribution in [0.5, 0.6) is 0 Å². The molecule has 0 aliphatic carbocycles. The third-order valence-electron chi connectivity index (χ3n) is 9.01. The van der Waals surface area contributed by atoms with Gasteiger partial charge in [0.25, 0.3) is 0 Å². The van der Waals surface area contributed by atoms with E-state index in [1.165, 1.54) is 38.8 Å². The van der Waals surface area contributed by atoms with Crippen LogP contribution < -0.4 is 88.1 Å². The van der Waals surface area contributed by atoms with E-state index in [0.717, 1.165) is 39.0 Å². The van der Waals surface area contributed by atoms with E-state index in [1.807, 2.05) is 0 Å². The zero-order valence-electron chi connectivity index (χ0n) is 30.1. The van der Waals surface area contributed by atoms with Gasteiger partial charge in [0.2, 0.25) is 0 Å². The van der Waals surface area contributed by atoms with Crippen LogP contribution >= 0.6 is 0 Å². The van der Waals surface area contributed by atoms with Crippen LogP contribution in [0.15, 0.2) is 0 Å². The Kier molecular flexibility index (Phi) is 44.0.